The summed E-state index contributed by atoms with van der Waals surface area (Å²) < 4.78 is 0. The van der Waals surface area contributed by atoms with Gasteiger partial charge in [-0.05, 0) is 49.9 Å². The minimum atomic E-state index is 0.0190. The average molecular weight is 239 g/mol. The maximum Gasteiger partial charge on any atom is 0.0131 e. The van der Waals surface area contributed by atoms with E-state index in [4.69, 9.17) is 5.73 Å². The summed E-state index contributed by atoms with van der Waals surface area (Å²) in [7, 11) is 0. The molecule has 1 aliphatic rings. The molecule has 0 aromatic carbocycles. The summed E-state index contributed by atoms with van der Waals surface area (Å²) in [5, 5.41) is 0. The highest BCUT2D eigenvalue weighted by atomic mass is 14.7. The third-order valence-corrected chi connectivity index (χ3v) is 4.46. The van der Waals surface area contributed by atoms with E-state index in [1.807, 2.05) is 0 Å². The Morgan fingerprint density at radius 2 is 1.18 bits per heavy atom. The molecule has 0 aromatic heterocycles. The van der Waals surface area contributed by atoms with Crippen LogP contribution in [0.25, 0.3) is 0 Å². The Kier molecular flexibility index (Phi) is 4.68. The van der Waals surface area contributed by atoms with E-state index in [2.05, 4.69) is 34.6 Å². The largest absolute Gasteiger partial charge is 0.325 e. The molecule has 0 spiro atoms. The van der Waals surface area contributed by atoms with Gasteiger partial charge in [0, 0.05) is 5.54 Å². The molecule has 2 N–H and O–H groups in total. The Hall–Kier alpha value is -0.0400. The van der Waals surface area contributed by atoms with Gasteiger partial charge in [-0.25, -0.2) is 0 Å². The van der Waals surface area contributed by atoms with E-state index in [1.54, 1.807) is 0 Å². The molecule has 17 heavy (non-hydrogen) atoms. The van der Waals surface area contributed by atoms with Gasteiger partial charge in [0.05, 0.1) is 0 Å². The van der Waals surface area contributed by atoms with Crippen molar-refractivity contribution in [3.05, 3.63) is 0 Å². The fourth-order valence-corrected chi connectivity index (χ4v) is 3.40. The lowest BCUT2D eigenvalue weighted by atomic mass is 9.73. The summed E-state index contributed by atoms with van der Waals surface area (Å²) in [4.78, 5) is 0. The van der Waals surface area contributed by atoms with Gasteiger partial charge in [-0.1, -0.05) is 47.0 Å². The van der Waals surface area contributed by atoms with Gasteiger partial charge >= 0.3 is 0 Å². The second kappa shape index (κ2) is 5.30. The lowest BCUT2D eigenvalue weighted by Crippen LogP contribution is -2.41. The highest BCUT2D eigenvalue weighted by Crippen LogP contribution is 2.39. The quantitative estimate of drug-likeness (QED) is 0.640. The first-order chi connectivity index (χ1) is 7.62. The van der Waals surface area contributed by atoms with Crippen molar-refractivity contribution in [3.8, 4) is 0 Å². The van der Waals surface area contributed by atoms with Crippen molar-refractivity contribution >= 4 is 0 Å². The summed E-state index contributed by atoms with van der Waals surface area (Å²) >= 11 is 0. The summed E-state index contributed by atoms with van der Waals surface area (Å²) in [5.74, 6) is 0. The molecule has 0 heterocycles. The highest BCUT2D eigenvalue weighted by molar-refractivity contribution is 4.88. The van der Waals surface area contributed by atoms with Gasteiger partial charge in [0.25, 0.3) is 0 Å². The molecule has 1 heteroatoms. The molecule has 0 radical (unpaired) electrons. The molecular formula is C16H33N. The number of hydrogen-bond acceptors (Lipinski definition) is 1. The summed E-state index contributed by atoms with van der Waals surface area (Å²) in [6.45, 7) is 11.9. The van der Waals surface area contributed by atoms with Crippen molar-refractivity contribution in [2.45, 2.75) is 91.5 Å². The van der Waals surface area contributed by atoms with Crippen molar-refractivity contribution < 1.29 is 0 Å². The van der Waals surface area contributed by atoms with Crippen LogP contribution < -0.4 is 5.73 Å². The minimum absolute atomic E-state index is 0.0190. The number of nitrogens with two attached hydrogens (primary N) is 1. The van der Waals surface area contributed by atoms with Crippen LogP contribution in [0.5, 0.6) is 0 Å². The molecule has 0 aromatic rings. The molecule has 1 nitrogen and oxygen atoms in total. The molecule has 1 aliphatic carbocycles. The minimum Gasteiger partial charge on any atom is -0.325 e. The van der Waals surface area contributed by atoms with Crippen LogP contribution in [0.4, 0.5) is 0 Å². The van der Waals surface area contributed by atoms with E-state index in [9.17, 15) is 0 Å². The van der Waals surface area contributed by atoms with Crippen molar-refractivity contribution in [3.63, 3.8) is 0 Å². The second-order valence-corrected chi connectivity index (χ2v) is 8.22. The summed E-state index contributed by atoms with van der Waals surface area (Å²) in [6, 6.07) is 0. The van der Waals surface area contributed by atoms with Gasteiger partial charge in [-0.15, -0.1) is 0 Å². The first-order valence-electron chi connectivity index (χ1n) is 7.41. The van der Waals surface area contributed by atoms with Crippen molar-refractivity contribution in [1.82, 2.24) is 0 Å². The molecule has 0 amide bonds. The van der Waals surface area contributed by atoms with Crippen molar-refractivity contribution in [1.29, 1.82) is 0 Å². The van der Waals surface area contributed by atoms with Gasteiger partial charge in [-0.2, -0.15) is 0 Å². The third-order valence-electron chi connectivity index (χ3n) is 4.46. The number of hydrogen-bond donors (Lipinski definition) is 1. The van der Waals surface area contributed by atoms with E-state index < -0.39 is 0 Å². The fourth-order valence-electron chi connectivity index (χ4n) is 3.40. The average Bonchev–Trinajstić information content (AvgIpc) is 2.13. The molecule has 1 saturated carbocycles. The van der Waals surface area contributed by atoms with Gasteiger partial charge in [0.2, 0.25) is 0 Å². The van der Waals surface area contributed by atoms with Gasteiger partial charge in [0.15, 0.2) is 0 Å². The van der Waals surface area contributed by atoms with Crippen LogP contribution in [0.2, 0.25) is 0 Å². The predicted octanol–water partition coefficient (Wildman–Crippen LogP) is 4.89. The first-order valence-corrected chi connectivity index (χ1v) is 7.41. The predicted molar refractivity (Wildman–Crippen MR) is 77.1 cm³/mol. The maximum absolute atomic E-state index is 6.52. The molecule has 0 saturated heterocycles. The van der Waals surface area contributed by atoms with E-state index >= 15 is 0 Å². The maximum atomic E-state index is 6.52. The Morgan fingerprint density at radius 3 is 1.76 bits per heavy atom. The van der Waals surface area contributed by atoms with E-state index in [1.165, 1.54) is 44.9 Å². The standard InChI is InChI=1S/C16H33N/c1-14(2)9-7-6-8-10-15(3,4)13-16(5,17)12-11-14/h6-13,17H2,1-5H3. The molecule has 1 rings (SSSR count). The Morgan fingerprint density at radius 1 is 0.647 bits per heavy atom. The Labute approximate surface area is 109 Å². The van der Waals surface area contributed by atoms with Crippen LogP contribution in [0.3, 0.4) is 0 Å². The topological polar surface area (TPSA) is 26.0 Å². The van der Waals surface area contributed by atoms with Crippen molar-refractivity contribution in [2.24, 2.45) is 16.6 Å². The number of rotatable bonds is 0. The van der Waals surface area contributed by atoms with Gasteiger partial charge in [-0.3, -0.25) is 0 Å². The molecule has 102 valence electrons. The monoisotopic (exact) mass is 239 g/mol. The molecule has 0 bridgehead atoms. The second-order valence-electron chi connectivity index (χ2n) is 8.22. The van der Waals surface area contributed by atoms with Crippen LogP contribution in [0.15, 0.2) is 0 Å². The fraction of sp³-hybridized carbons (Fsp3) is 1.00. The van der Waals surface area contributed by atoms with Gasteiger partial charge in [0.1, 0.15) is 0 Å². The van der Waals surface area contributed by atoms with Crippen LogP contribution in [0.1, 0.15) is 86.0 Å². The van der Waals surface area contributed by atoms with Crippen LogP contribution in [0, 0.1) is 10.8 Å². The van der Waals surface area contributed by atoms with E-state index in [-0.39, 0.29) is 5.54 Å². The normalized spacial score (nSPS) is 34.9. The van der Waals surface area contributed by atoms with Gasteiger partial charge < -0.3 is 5.73 Å². The molecule has 1 atom stereocenters. The van der Waals surface area contributed by atoms with E-state index in [0.717, 1.165) is 6.42 Å². The molecular weight excluding hydrogens is 206 g/mol. The van der Waals surface area contributed by atoms with Crippen molar-refractivity contribution in [2.75, 3.05) is 0 Å². The smallest absolute Gasteiger partial charge is 0.0131 e. The summed E-state index contributed by atoms with van der Waals surface area (Å²) in [5.41, 5.74) is 7.43. The molecule has 0 aliphatic heterocycles. The van der Waals surface area contributed by atoms with Crippen LogP contribution in [-0.2, 0) is 0 Å². The summed E-state index contributed by atoms with van der Waals surface area (Å²) in [6.07, 6.45) is 10.5. The van der Waals surface area contributed by atoms with Crippen LogP contribution in [-0.4, -0.2) is 5.54 Å². The lowest BCUT2D eigenvalue weighted by Gasteiger charge is -2.36. The highest BCUT2D eigenvalue weighted by Gasteiger charge is 2.31. The Balaban J connectivity index is 2.70. The molecule has 1 fully saturated rings. The SMILES string of the molecule is CC1(C)CCCCCC(C)(C)CC(C)(N)CC1. The zero-order valence-electron chi connectivity index (χ0n) is 12.7. The zero-order chi connectivity index (χ0) is 13.2. The Bertz CT molecular complexity index is 238. The third kappa shape index (κ3) is 5.90. The zero-order valence-corrected chi connectivity index (χ0v) is 12.7. The first kappa shape index (κ1) is 15.0. The van der Waals surface area contributed by atoms with E-state index in [0.29, 0.717) is 10.8 Å². The van der Waals surface area contributed by atoms with Crippen LogP contribution >= 0.6 is 0 Å². The lowest BCUT2D eigenvalue weighted by molar-refractivity contribution is 0.198. The molecule has 1 unspecified atom stereocenters.